The summed E-state index contributed by atoms with van der Waals surface area (Å²) in [5.41, 5.74) is 1.63. The van der Waals surface area contributed by atoms with Crippen LogP contribution in [0.3, 0.4) is 0 Å². The van der Waals surface area contributed by atoms with Crippen LogP contribution in [-0.4, -0.2) is 40.8 Å². The van der Waals surface area contributed by atoms with Crippen LogP contribution in [0.5, 0.6) is 0 Å². The fourth-order valence-electron chi connectivity index (χ4n) is 4.36. The van der Waals surface area contributed by atoms with E-state index in [-0.39, 0.29) is 17.7 Å². The van der Waals surface area contributed by atoms with Gasteiger partial charge in [-0.05, 0) is 37.8 Å². The summed E-state index contributed by atoms with van der Waals surface area (Å²) in [6.07, 6.45) is 6.38. The first-order chi connectivity index (χ1) is 12.7. The largest absolute Gasteiger partial charge is 0.339 e. The molecule has 2 atom stereocenters. The Morgan fingerprint density at radius 3 is 2.92 bits per heavy atom. The van der Waals surface area contributed by atoms with E-state index >= 15 is 0 Å². The second-order valence-corrected chi connectivity index (χ2v) is 7.35. The molecule has 2 aromatic rings. The van der Waals surface area contributed by atoms with Crippen molar-refractivity contribution in [2.75, 3.05) is 18.0 Å². The van der Waals surface area contributed by atoms with Crippen molar-refractivity contribution in [2.45, 2.75) is 45.1 Å². The summed E-state index contributed by atoms with van der Waals surface area (Å²) in [6, 6.07) is 10.1. The molecule has 2 amide bonds. The zero-order chi connectivity index (χ0) is 18.1. The monoisotopic (exact) mass is 351 g/mol. The summed E-state index contributed by atoms with van der Waals surface area (Å²) in [7, 11) is 0. The van der Waals surface area contributed by atoms with E-state index in [2.05, 4.69) is 11.9 Å². The van der Waals surface area contributed by atoms with Gasteiger partial charge in [-0.1, -0.05) is 25.1 Å². The average molecular weight is 351 g/mol. The minimum Gasteiger partial charge on any atom is -0.339 e. The molecule has 0 saturated carbocycles. The molecule has 4 rings (SSSR count). The number of amides is 2. The highest BCUT2D eigenvalue weighted by Crippen LogP contribution is 2.32. The first-order valence-electron chi connectivity index (χ1n) is 9.63. The molecule has 0 aliphatic carbocycles. The number of anilines is 1. The maximum absolute atomic E-state index is 13.1. The molecule has 0 radical (unpaired) electrons. The molecule has 2 aliphatic heterocycles. The van der Waals surface area contributed by atoms with E-state index in [0.29, 0.717) is 19.0 Å². The van der Waals surface area contributed by atoms with Crippen molar-refractivity contribution in [3.05, 3.63) is 36.5 Å². The van der Waals surface area contributed by atoms with Gasteiger partial charge < -0.3 is 9.80 Å². The fourth-order valence-corrected chi connectivity index (χ4v) is 4.36. The number of aromatic nitrogens is 1. The lowest BCUT2D eigenvalue weighted by atomic mass is 9.97. The van der Waals surface area contributed by atoms with Gasteiger partial charge in [0.25, 0.3) is 0 Å². The highest BCUT2D eigenvalue weighted by Gasteiger charge is 2.39. The zero-order valence-corrected chi connectivity index (χ0v) is 15.2. The van der Waals surface area contributed by atoms with E-state index in [1.54, 1.807) is 11.1 Å². The highest BCUT2D eigenvalue weighted by atomic mass is 16.2. The third-order valence-corrected chi connectivity index (χ3v) is 5.76. The van der Waals surface area contributed by atoms with Gasteiger partial charge in [-0.15, -0.1) is 0 Å². The van der Waals surface area contributed by atoms with Crippen LogP contribution in [0.25, 0.3) is 10.9 Å². The summed E-state index contributed by atoms with van der Waals surface area (Å²) in [4.78, 5) is 34.0. The van der Waals surface area contributed by atoms with Crippen LogP contribution in [0.2, 0.25) is 0 Å². The SMILES string of the molecule is CCC1CCCCN1C(=O)C1CC(=O)N(c2cccc3cccnc23)C1. The molecule has 5 heteroatoms. The number of fused-ring (bicyclic) bond motifs is 1. The number of hydrogen-bond acceptors (Lipinski definition) is 3. The first-order valence-corrected chi connectivity index (χ1v) is 9.63. The number of carbonyl (C=O) groups excluding carboxylic acids is 2. The molecule has 0 spiro atoms. The van der Waals surface area contributed by atoms with E-state index < -0.39 is 0 Å². The summed E-state index contributed by atoms with van der Waals surface area (Å²) in [5, 5.41) is 1.01. The molecule has 1 aromatic carbocycles. The Balaban J connectivity index is 1.58. The number of piperidine rings is 1. The summed E-state index contributed by atoms with van der Waals surface area (Å²) in [5.74, 6) is -0.0687. The van der Waals surface area contributed by atoms with Gasteiger partial charge in [-0.3, -0.25) is 14.6 Å². The van der Waals surface area contributed by atoms with Crippen molar-refractivity contribution in [2.24, 2.45) is 5.92 Å². The summed E-state index contributed by atoms with van der Waals surface area (Å²) in [6.45, 7) is 3.43. The molecule has 3 heterocycles. The van der Waals surface area contributed by atoms with E-state index in [1.165, 1.54) is 6.42 Å². The van der Waals surface area contributed by atoms with Crippen molar-refractivity contribution in [3.63, 3.8) is 0 Å². The smallest absolute Gasteiger partial charge is 0.228 e. The van der Waals surface area contributed by atoms with Crippen LogP contribution in [0.4, 0.5) is 5.69 Å². The Morgan fingerprint density at radius 1 is 1.23 bits per heavy atom. The van der Waals surface area contributed by atoms with Crippen molar-refractivity contribution in [3.8, 4) is 0 Å². The number of carbonyl (C=O) groups is 2. The summed E-state index contributed by atoms with van der Waals surface area (Å²) >= 11 is 0. The van der Waals surface area contributed by atoms with Crippen molar-refractivity contribution < 1.29 is 9.59 Å². The molecule has 1 aromatic heterocycles. The minimum absolute atomic E-state index is 0.0200. The Hall–Kier alpha value is -2.43. The normalized spacial score (nSPS) is 23.7. The van der Waals surface area contributed by atoms with E-state index in [1.807, 2.05) is 35.2 Å². The second-order valence-electron chi connectivity index (χ2n) is 7.35. The molecule has 136 valence electrons. The van der Waals surface area contributed by atoms with Gasteiger partial charge in [-0.25, -0.2) is 0 Å². The van der Waals surface area contributed by atoms with Crippen LogP contribution >= 0.6 is 0 Å². The lowest BCUT2D eigenvalue weighted by Crippen LogP contribution is -2.46. The minimum atomic E-state index is -0.242. The van der Waals surface area contributed by atoms with Gasteiger partial charge in [0, 0.05) is 37.1 Å². The third-order valence-electron chi connectivity index (χ3n) is 5.76. The quantitative estimate of drug-likeness (QED) is 0.852. The van der Waals surface area contributed by atoms with Crippen molar-refractivity contribution in [1.29, 1.82) is 0 Å². The van der Waals surface area contributed by atoms with E-state index in [4.69, 9.17) is 0 Å². The Bertz CT molecular complexity index is 830. The van der Waals surface area contributed by atoms with Crippen LogP contribution in [0.1, 0.15) is 39.0 Å². The van der Waals surface area contributed by atoms with Gasteiger partial charge >= 0.3 is 0 Å². The van der Waals surface area contributed by atoms with Crippen LogP contribution in [0, 0.1) is 5.92 Å². The van der Waals surface area contributed by atoms with Crippen LogP contribution < -0.4 is 4.90 Å². The number of rotatable bonds is 3. The van der Waals surface area contributed by atoms with Gasteiger partial charge in [0.2, 0.25) is 11.8 Å². The fraction of sp³-hybridized carbons (Fsp3) is 0.476. The number of para-hydroxylation sites is 1. The number of likely N-dealkylation sites (tertiary alicyclic amines) is 1. The molecular weight excluding hydrogens is 326 g/mol. The Kier molecular flexibility index (Phi) is 4.62. The molecule has 2 unspecified atom stereocenters. The van der Waals surface area contributed by atoms with Crippen molar-refractivity contribution >= 4 is 28.4 Å². The number of hydrogen-bond donors (Lipinski definition) is 0. The van der Waals surface area contributed by atoms with Crippen LogP contribution in [-0.2, 0) is 9.59 Å². The maximum Gasteiger partial charge on any atom is 0.228 e. The summed E-state index contributed by atoms with van der Waals surface area (Å²) < 4.78 is 0. The van der Waals surface area contributed by atoms with E-state index in [9.17, 15) is 9.59 Å². The van der Waals surface area contributed by atoms with Gasteiger partial charge in [-0.2, -0.15) is 0 Å². The van der Waals surface area contributed by atoms with Gasteiger partial charge in [0.05, 0.1) is 17.1 Å². The number of nitrogens with zero attached hydrogens (tertiary/aromatic N) is 3. The van der Waals surface area contributed by atoms with Gasteiger partial charge in [0.1, 0.15) is 0 Å². The molecule has 0 N–H and O–H groups in total. The predicted molar refractivity (Wildman–Crippen MR) is 102 cm³/mol. The Labute approximate surface area is 154 Å². The molecular formula is C21H25N3O2. The highest BCUT2D eigenvalue weighted by molar-refractivity contribution is 6.05. The molecule has 2 fully saturated rings. The molecule has 0 bridgehead atoms. The lowest BCUT2D eigenvalue weighted by molar-refractivity contribution is -0.139. The van der Waals surface area contributed by atoms with Gasteiger partial charge in [0.15, 0.2) is 0 Å². The number of benzene rings is 1. The molecule has 26 heavy (non-hydrogen) atoms. The standard InChI is InChI=1S/C21H25N3O2/c1-2-17-9-3-4-12-23(17)21(26)16-13-19(25)24(14-16)18-10-5-7-15-8-6-11-22-20(15)18/h5-8,10-11,16-17H,2-4,9,12-14H2,1H3. The van der Waals surface area contributed by atoms with E-state index in [0.717, 1.165) is 42.4 Å². The Morgan fingerprint density at radius 2 is 2.08 bits per heavy atom. The molecule has 5 nitrogen and oxygen atoms in total. The zero-order valence-electron chi connectivity index (χ0n) is 15.2. The average Bonchev–Trinajstić information content (AvgIpc) is 3.08. The predicted octanol–water partition coefficient (Wildman–Crippen LogP) is 3.38. The van der Waals surface area contributed by atoms with Crippen molar-refractivity contribution in [1.82, 2.24) is 9.88 Å². The number of pyridine rings is 1. The lowest BCUT2D eigenvalue weighted by Gasteiger charge is -2.36. The first kappa shape index (κ1) is 17.0. The second kappa shape index (κ2) is 7.06. The topological polar surface area (TPSA) is 53.5 Å². The maximum atomic E-state index is 13.1. The third kappa shape index (κ3) is 2.96. The molecule has 2 saturated heterocycles. The molecule has 2 aliphatic rings. The van der Waals surface area contributed by atoms with Crippen LogP contribution in [0.15, 0.2) is 36.5 Å².